The molecule has 0 aliphatic rings. The summed E-state index contributed by atoms with van der Waals surface area (Å²) in [7, 11) is 0. The average Bonchev–Trinajstić information content (AvgIpc) is 3.04. The molecule has 0 spiro atoms. The number of furan rings is 1. The Morgan fingerprint density at radius 2 is 2.23 bits per heavy atom. The molecule has 1 N–H and O–H groups in total. The van der Waals surface area contributed by atoms with Crippen molar-refractivity contribution in [3.05, 3.63) is 52.4 Å². The van der Waals surface area contributed by atoms with Crippen molar-refractivity contribution in [3.63, 3.8) is 0 Å². The van der Waals surface area contributed by atoms with E-state index in [1.54, 1.807) is 12.3 Å². The molecule has 1 heterocycles. The standard InChI is InChI=1S/C17H20BrNO3/c1-3-12(2)13-6-7-16(15(18)9-13)22-11-17(20)19-10-14-5-4-8-21-14/h4-9,12H,3,10-11H2,1-2H3,(H,19,20). The molecule has 4 nitrogen and oxygen atoms in total. The van der Waals surface area contributed by atoms with E-state index in [1.165, 1.54) is 5.56 Å². The highest BCUT2D eigenvalue weighted by Crippen LogP contribution is 2.29. The Balaban J connectivity index is 1.84. The summed E-state index contributed by atoms with van der Waals surface area (Å²) < 4.78 is 11.6. The number of hydrogen-bond acceptors (Lipinski definition) is 3. The largest absolute Gasteiger partial charge is 0.483 e. The monoisotopic (exact) mass is 365 g/mol. The molecular formula is C17H20BrNO3. The molecule has 0 saturated carbocycles. The minimum absolute atomic E-state index is 0.0258. The van der Waals surface area contributed by atoms with Crippen LogP contribution in [0.2, 0.25) is 0 Å². The van der Waals surface area contributed by atoms with Crippen LogP contribution in [0, 0.1) is 0 Å². The fraction of sp³-hybridized carbons (Fsp3) is 0.353. The maximum Gasteiger partial charge on any atom is 0.258 e. The van der Waals surface area contributed by atoms with Crippen molar-refractivity contribution in [2.24, 2.45) is 0 Å². The van der Waals surface area contributed by atoms with Gasteiger partial charge in [-0.3, -0.25) is 4.79 Å². The van der Waals surface area contributed by atoms with E-state index in [1.807, 2.05) is 24.3 Å². The van der Waals surface area contributed by atoms with Crippen LogP contribution in [0.15, 0.2) is 45.5 Å². The van der Waals surface area contributed by atoms with Crippen LogP contribution in [-0.2, 0) is 11.3 Å². The van der Waals surface area contributed by atoms with E-state index in [-0.39, 0.29) is 12.5 Å². The van der Waals surface area contributed by atoms with Crippen LogP contribution in [-0.4, -0.2) is 12.5 Å². The highest BCUT2D eigenvalue weighted by atomic mass is 79.9. The van der Waals surface area contributed by atoms with E-state index in [0.29, 0.717) is 24.0 Å². The fourth-order valence-electron chi connectivity index (χ4n) is 1.97. The predicted octanol–water partition coefficient (Wildman–Crippen LogP) is 4.25. The summed E-state index contributed by atoms with van der Waals surface area (Å²) >= 11 is 3.49. The third-order valence-corrected chi connectivity index (χ3v) is 4.16. The molecule has 5 heteroatoms. The van der Waals surface area contributed by atoms with Crippen LogP contribution in [0.5, 0.6) is 5.75 Å². The average molecular weight is 366 g/mol. The van der Waals surface area contributed by atoms with Gasteiger partial charge >= 0.3 is 0 Å². The number of rotatable bonds is 7. The van der Waals surface area contributed by atoms with Crippen molar-refractivity contribution < 1.29 is 13.9 Å². The summed E-state index contributed by atoms with van der Waals surface area (Å²) in [6, 6.07) is 9.57. The van der Waals surface area contributed by atoms with Gasteiger partial charge in [0.15, 0.2) is 6.61 Å². The SMILES string of the molecule is CCC(C)c1ccc(OCC(=O)NCc2ccco2)c(Br)c1. The molecule has 0 aliphatic heterocycles. The van der Waals surface area contributed by atoms with Gasteiger partial charge in [-0.05, 0) is 58.1 Å². The lowest BCUT2D eigenvalue weighted by atomic mass is 9.99. The molecular weight excluding hydrogens is 346 g/mol. The molecule has 22 heavy (non-hydrogen) atoms. The first-order valence-corrected chi connectivity index (χ1v) is 8.10. The summed E-state index contributed by atoms with van der Waals surface area (Å²) in [5.74, 6) is 1.70. The molecule has 1 unspecified atom stereocenters. The van der Waals surface area contributed by atoms with Crippen LogP contribution in [0.1, 0.15) is 37.5 Å². The maximum absolute atomic E-state index is 11.8. The van der Waals surface area contributed by atoms with Crippen LogP contribution in [0.25, 0.3) is 0 Å². The second-order valence-corrected chi connectivity index (χ2v) is 6.00. The molecule has 0 aliphatic carbocycles. The van der Waals surface area contributed by atoms with Gasteiger partial charge in [-0.2, -0.15) is 0 Å². The fourth-order valence-corrected chi connectivity index (χ4v) is 2.48. The first-order valence-electron chi connectivity index (χ1n) is 7.31. The van der Waals surface area contributed by atoms with E-state index in [4.69, 9.17) is 9.15 Å². The Morgan fingerprint density at radius 1 is 1.41 bits per heavy atom. The van der Waals surface area contributed by atoms with Crippen LogP contribution in [0.4, 0.5) is 0 Å². The molecule has 118 valence electrons. The van der Waals surface area contributed by atoms with Crippen LogP contribution in [0.3, 0.4) is 0 Å². The van der Waals surface area contributed by atoms with Gasteiger partial charge in [0.2, 0.25) is 0 Å². The van der Waals surface area contributed by atoms with Gasteiger partial charge in [0.05, 0.1) is 17.3 Å². The molecule has 1 aromatic carbocycles. The first-order chi connectivity index (χ1) is 10.6. The molecule has 1 atom stereocenters. The minimum atomic E-state index is -0.186. The zero-order valence-electron chi connectivity index (χ0n) is 12.8. The van der Waals surface area contributed by atoms with Gasteiger partial charge in [-0.1, -0.05) is 19.9 Å². The third-order valence-electron chi connectivity index (χ3n) is 3.54. The lowest BCUT2D eigenvalue weighted by Gasteiger charge is -2.13. The molecule has 1 aromatic heterocycles. The Morgan fingerprint density at radius 3 is 2.86 bits per heavy atom. The maximum atomic E-state index is 11.8. The molecule has 0 bridgehead atoms. The summed E-state index contributed by atoms with van der Waals surface area (Å²) in [6.45, 7) is 4.68. The Kier molecular flexibility index (Phi) is 6.07. The molecule has 0 radical (unpaired) electrons. The number of amides is 1. The van der Waals surface area contributed by atoms with Crippen LogP contribution >= 0.6 is 15.9 Å². The summed E-state index contributed by atoms with van der Waals surface area (Å²) in [5.41, 5.74) is 1.25. The van der Waals surface area contributed by atoms with Gasteiger partial charge in [0.1, 0.15) is 11.5 Å². The number of hydrogen-bond donors (Lipinski definition) is 1. The summed E-state index contributed by atoms with van der Waals surface area (Å²) in [4.78, 5) is 11.8. The van der Waals surface area contributed by atoms with Gasteiger partial charge < -0.3 is 14.5 Å². The Hall–Kier alpha value is -1.75. The number of carbonyl (C=O) groups excluding carboxylic acids is 1. The van der Waals surface area contributed by atoms with Crippen molar-refractivity contribution in [2.45, 2.75) is 32.7 Å². The zero-order valence-corrected chi connectivity index (χ0v) is 14.4. The van der Waals surface area contributed by atoms with Crippen molar-refractivity contribution >= 4 is 21.8 Å². The second-order valence-electron chi connectivity index (χ2n) is 5.14. The first kappa shape index (κ1) is 16.6. The van der Waals surface area contributed by atoms with Gasteiger partial charge in [0.25, 0.3) is 5.91 Å². The van der Waals surface area contributed by atoms with Crippen LogP contribution < -0.4 is 10.1 Å². The number of ether oxygens (including phenoxy) is 1. The lowest BCUT2D eigenvalue weighted by Crippen LogP contribution is -2.28. The molecule has 2 aromatic rings. The predicted molar refractivity (Wildman–Crippen MR) is 88.9 cm³/mol. The Bertz CT molecular complexity index is 610. The molecule has 2 rings (SSSR count). The molecule has 0 saturated heterocycles. The van der Waals surface area contributed by atoms with E-state index < -0.39 is 0 Å². The summed E-state index contributed by atoms with van der Waals surface area (Å²) in [6.07, 6.45) is 2.66. The van der Waals surface area contributed by atoms with E-state index in [2.05, 4.69) is 35.1 Å². The topological polar surface area (TPSA) is 51.5 Å². The number of nitrogens with one attached hydrogen (secondary N) is 1. The summed E-state index contributed by atoms with van der Waals surface area (Å²) in [5, 5.41) is 2.74. The highest BCUT2D eigenvalue weighted by molar-refractivity contribution is 9.10. The quantitative estimate of drug-likeness (QED) is 0.797. The molecule has 0 fully saturated rings. The van der Waals surface area contributed by atoms with Crippen molar-refractivity contribution in [1.29, 1.82) is 0 Å². The smallest absolute Gasteiger partial charge is 0.258 e. The van der Waals surface area contributed by atoms with Crippen molar-refractivity contribution in [3.8, 4) is 5.75 Å². The van der Waals surface area contributed by atoms with Crippen molar-refractivity contribution in [2.75, 3.05) is 6.61 Å². The second kappa shape index (κ2) is 8.03. The molecule has 1 amide bonds. The number of carbonyl (C=O) groups is 1. The van der Waals surface area contributed by atoms with Gasteiger partial charge in [0, 0.05) is 0 Å². The number of benzene rings is 1. The normalized spacial score (nSPS) is 12.0. The van der Waals surface area contributed by atoms with E-state index in [9.17, 15) is 4.79 Å². The van der Waals surface area contributed by atoms with Gasteiger partial charge in [-0.25, -0.2) is 0 Å². The van der Waals surface area contributed by atoms with E-state index >= 15 is 0 Å². The van der Waals surface area contributed by atoms with E-state index in [0.717, 1.165) is 10.9 Å². The lowest BCUT2D eigenvalue weighted by molar-refractivity contribution is -0.123. The van der Waals surface area contributed by atoms with Crippen molar-refractivity contribution in [1.82, 2.24) is 5.32 Å². The Labute approximate surface area is 139 Å². The third kappa shape index (κ3) is 4.63. The van der Waals surface area contributed by atoms with Gasteiger partial charge in [-0.15, -0.1) is 0 Å². The minimum Gasteiger partial charge on any atom is -0.483 e. The number of halogens is 1. The highest BCUT2D eigenvalue weighted by Gasteiger charge is 2.09. The zero-order chi connectivity index (χ0) is 15.9.